The average Bonchev–Trinajstić information content (AvgIpc) is 3.28. The van der Waals surface area contributed by atoms with Gasteiger partial charge in [0.15, 0.2) is 0 Å². The summed E-state index contributed by atoms with van der Waals surface area (Å²) in [7, 11) is 0. The van der Waals surface area contributed by atoms with E-state index in [0.717, 1.165) is 24.9 Å². The van der Waals surface area contributed by atoms with Crippen LogP contribution in [0.15, 0.2) is 84.9 Å². The number of hydrogen-bond acceptors (Lipinski definition) is 2. The van der Waals surface area contributed by atoms with Crippen LogP contribution in [0.2, 0.25) is 0 Å². The average molecular weight is 369 g/mol. The van der Waals surface area contributed by atoms with Gasteiger partial charge in [0.1, 0.15) is 0 Å². The van der Waals surface area contributed by atoms with Crippen LogP contribution >= 0.6 is 0 Å². The van der Waals surface area contributed by atoms with Crippen molar-refractivity contribution in [1.29, 1.82) is 0 Å². The molecule has 2 aliphatic heterocycles. The first-order valence-corrected chi connectivity index (χ1v) is 10.5. The summed E-state index contributed by atoms with van der Waals surface area (Å²) in [6.07, 6.45) is 0. The maximum Gasteiger partial charge on any atom is 0.0233 e. The van der Waals surface area contributed by atoms with Gasteiger partial charge in [-0.2, -0.15) is 0 Å². The van der Waals surface area contributed by atoms with E-state index in [4.69, 9.17) is 0 Å². The highest BCUT2D eigenvalue weighted by Crippen LogP contribution is 2.32. The molecule has 2 fully saturated rings. The van der Waals surface area contributed by atoms with Crippen molar-refractivity contribution in [2.75, 3.05) is 26.2 Å². The zero-order valence-corrected chi connectivity index (χ0v) is 16.4. The molecule has 0 saturated carbocycles. The van der Waals surface area contributed by atoms with Gasteiger partial charge in [-0.1, -0.05) is 84.9 Å². The first-order valence-electron chi connectivity index (χ1n) is 10.5. The third-order valence-corrected chi connectivity index (χ3v) is 6.35. The standard InChI is InChI=1S/C26H28N2/c1-3-7-21(8-4-1)15-27-17-25-19-28(20-26(25)18-27)16-22-11-13-24(14-12-22)23-9-5-2-6-10-23/h1-14,25-26H,15-20H2/t25-,26+. The molecule has 0 aromatic heterocycles. The van der Waals surface area contributed by atoms with Crippen molar-refractivity contribution < 1.29 is 0 Å². The molecule has 2 nitrogen and oxygen atoms in total. The van der Waals surface area contributed by atoms with E-state index in [2.05, 4.69) is 94.7 Å². The van der Waals surface area contributed by atoms with Gasteiger partial charge in [-0.25, -0.2) is 0 Å². The molecule has 0 bridgehead atoms. The highest BCUT2D eigenvalue weighted by Gasteiger charge is 2.39. The second-order valence-corrected chi connectivity index (χ2v) is 8.46. The Morgan fingerprint density at radius 3 is 1.46 bits per heavy atom. The largest absolute Gasteiger partial charge is 0.298 e. The summed E-state index contributed by atoms with van der Waals surface area (Å²) in [6, 6.07) is 30.7. The monoisotopic (exact) mass is 368 g/mol. The zero-order chi connectivity index (χ0) is 18.8. The van der Waals surface area contributed by atoms with Gasteiger partial charge >= 0.3 is 0 Å². The van der Waals surface area contributed by atoms with Crippen LogP contribution in [0.25, 0.3) is 11.1 Å². The van der Waals surface area contributed by atoms with Gasteiger partial charge in [0.25, 0.3) is 0 Å². The molecule has 0 aliphatic carbocycles. The molecule has 3 aromatic carbocycles. The van der Waals surface area contributed by atoms with E-state index in [9.17, 15) is 0 Å². The van der Waals surface area contributed by atoms with Crippen LogP contribution in [0.3, 0.4) is 0 Å². The van der Waals surface area contributed by atoms with Crippen LogP contribution in [0, 0.1) is 11.8 Å². The van der Waals surface area contributed by atoms with E-state index in [-0.39, 0.29) is 0 Å². The van der Waals surface area contributed by atoms with Crippen LogP contribution in [-0.4, -0.2) is 36.0 Å². The number of nitrogens with zero attached hydrogens (tertiary/aromatic N) is 2. The number of fused-ring (bicyclic) bond motifs is 1. The van der Waals surface area contributed by atoms with E-state index >= 15 is 0 Å². The van der Waals surface area contributed by atoms with Crippen molar-refractivity contribution in [2.24, 2.45) is 11.8 Å². The molecule has 2 heteroatoms. The van der Waals surface area contributed by atoms with Crippen LogP contribution in [0.4, 0.5) is 0 Å². The molecule has 2 atom stereocenters. The summed E-state index contributed by atoms with van der Waals surface area (Å²) in [5, 5.41) is 0. The van der Waals surface area contributed by atoms with Crippen molar-refractivity contribution in [2.45, 2.75) is 13.1 Å². The maximum atomic E-state index is 2.66. The molecule has 28 heavy (non-hydrogen) atoms. The van der Waals surface area contributed by atoms with E-state index < -0.39 is 0 Å². The van der Waals surface area contributed by atoms with Crippen LogP contribution < -0.4 is 0 Å². The minimum Gasteiger partial charge on any atom is -0.298 e. The SMILES string of the molecule is c1ccc(CN2C[C@@H]3CN(Cc4ccc(-c5ccccc5)cc4)C[C@@H]3C2)cc1. The van der Waals surface area contributed by atoms with Gasteiger partial charge in [-0.05, 0) is 34.1 Å². The molecule has 142 valence electrons. The second-order valence-electron chi connectivity index (χ2n) is 8.46. The van der Waals surface area contributed by atoms with E-state index in [0.29, 0.717) is 0 Å². The topological polar surface area (TPSA) is 6.48 Å². The quantitative estimate of drug-likeness (QED) is 0.631. The Balaban J connectivity index is 1.15. The van der Waals surface area contributed by atoms with Gasteiger partial charge in [-0.15, -0.1) is 0 Å². The molecule has 0 radical (unpaired) electrons. The third kappa shape index (κ3) is 3.89. The lowest BCUT2D eigenvalue weighted by molar-refractivity contribution is 0.246. The Morgan fingerprint density at radius 2 is 0.929 bits per heavy atom. The first-order chi connectivity index (χ1) is 13.8. The molecule has 2 aliphatic rings. The fraction of sp³-hybridized carbons (Fsp3) is 0.308. The van der Waals surface area contributed by atoms with Crippen molar-refractivity contribution in [1.82, 2.24) is 9.80 Å². The first kappa shape index (κ1) is 17.7. The highest BCUT2D eigenvalue weighted by atomic mass is 15.2. The zero-order valence-electron chi connectivity index (χ0n) is 16.4. The molecular formula is C26H28N2. The fourth-order valence-corrected chi connectivity index (χ4v) is 4.98. The van der Waals surface area contributed by atoms with E-state index in [1.54, 1.807) is 0 Å². The minimum atomic E-state index is 0.840. The Labute approximate surface area is 168 Å². The van der Waals surface area contributed by atoms with E-state index in [1.165, 1.54) is 48.4 Å². The van der Waals surface area contributed by atoms with Gasteiger partial charge in [0, 0.05) is 39.3 Å². The molecule has 0 amide bonds. The lowest BCUT2D eigenvalue weighted by atomic mass is 10.0. The predicted molar refractivity (Wildman–Crippen MR) is 116 cm³/mol. The molecule has 0 spiro atoms. The Kier molecular flexibility index (Phi) is 4.99. The summed E-state index contributed by atoms with van der Waals surface area (Å²) >= 11 is 0. The molecule has 2 heterocycles. The van der Waals surface area contributed by atoms with Crippen molar-refractivity contribution in [3.63, 3.8) is 0 Å². The van der Waals surface area contributed by atoms with Gasteiger partial charge < -0.3 is 0 Å². The predicted octanol–water partition coefficient (Wildman–Crippen LogP) is 4.92. The Bertz CT molecular complexity index is 875. The van der Waals surface area contributed by atoms with Crippen LogP contribution in [0.5, 0.6) is 0 Å². The van der Waals surface area contributed by atoms with Crippen molar-refractivity contribution in [3.8, 4) is 11.1 Å². The number of benzene rings is 3. The van der Waals surface area contributed by atoms with E-state index in [1.807, 2.05) is 0 Å². The fourth-order valence-electron chi connectivity index (χ4n) is 4.98. The van der Waals surface area contributed by atoms with Crippen molar-refractivity contribution in [3.05, 3.63) is 96.1 Å². The summed E-state index contributed by atoms with van der Waals surface area (Å²) in [6.45, 7) is 7.19. The normalized spacial score (nSPS) is 22.4. The smallest absolute Gasteiger partial charge is 0.0233 e. The molecule has 3 aromatic rings. The molecular weight excluding hydrogens is 340 g/mol. The maximum absolute atomic E-state index is 2.66. The van der Waals surface area contributed by atoms with Crippen LogP contribution in [-0.2, 0) is 13.1 Å². The Morgan fingerprint density at radius 1 is 0.500 bits per heavy atom. The summed E-state index contributed by atoms with van der Waals surface area (Å²) in [4.78, 5) is 5.31. The van der Waals surface area contributed by atoms with Gasteiger partial charge in [0.05, 0.1) is 0 Å². The molecule has 2 saturated heterocycles. The number of hydrogen-bond donors (Lipinski definition) is 0. The second kappa shape index (κ2) is 7.90. The molecule has 0 N–H and O–H groups in total. The van der Waals surface area contributed by atoms with Crippen LogP contribution in [0.1, 0.15) is 11.1 Å². The molecule has 5 rings (SSSR count). The third-order valence-electron chi connectivity index (χ3n) is 6.35. The number of likely N-dealkylation sites (tertiary alicyclic amines) is 2. The lowest BCUT2D eigenvalue weighted by Crippen LogP contribution is -2.28. The minimum absolute atomic E-state index is 0.840. The lowest BCUT2D eigenvalue weighted by Gasteiger charge is -2.21. The molecule has 0 unspecified atom stereocenters. The highest BCUT2D eigenvalue weighted by molar-refractivity contribution is 5.63. The summed E-state index contributed by atoms with van der Waals surface area (Å²) < 4.78 is 0. The van der Waals surface area contributed by atoms with Gasteiger partial charge in [0.2, 0.25) is 0 Å². The Hall–Kier alpha value is -2.42. The number of rotatable bonds is 5. The summed E-state index contributed by atoms with van der Waals surface area (Å²) in [5.41, 5.74) is 5.47. The van der Waals surface area contributed by atoms with Gasteiger partial charge in [-0.3, -0.25) is 9.80 Å². The van der Waals surface area contributed by atoms with Crippen molar-refractivity contribution >= 4 is 0 Å². The summed E-state index contributed by atoms with van der Waals surface area (Å²) in [5.74, 6) is 1.68.